The van der Waals surface area contributed by atoms with Gasteiger partial charge < -0.3 is 9.47 Å². The summed E-state index contributed by atoms with van der Waals surface area (Å²) in [6, 6.07) is 16.4. The van der Waals surface area contributed by atoms with E-state index in [-0.39, 0.29) is 12.1 Å². The van der Waals surface area contributed by atoms with Crippen molar-refractivity contribution in [1.82, 2.24) is 14.5 Å². The Morgan fingerprint density at radius 2 is 2.03 bits per heavy atom. The predicted molar refractivity (Wildman–Crippen MR) is 121 cm³/mol. The third-order valence-corrected chi connectivity index (χ3v) is 7.25. The van der Waals surface area contributed by atoms with Crippen LogP contribution in [0.2, 0.25) is 10.0 Å². The summed E-state index contributed by atoms with van der Waals surface area (Å²) in [5.41, 5.74) is 3.07. The zero-order valence-electron chi connectivity index (χ0n) is 15.9. The molecule has 1 fully saturated rings. The van der Waals surface area contributed by atoms with Crippen molar-refractivity contribution in [3.8, 4) is 5.69 Å². The molecule has 2 aliphatic rings. The maximum atomic E-state index is 6.56. The van der Waals surface area contributed by atoms with E-state index in [1.807, 2.05) is 42.2 Å². The Morgan fingerprint density at radius 1 is 1.14 bits per heavy atom. The van der Waals surface area contributed by atoms with Crippen LogP contribution in [0.3, 0.4) is 0 Å². The minimum absolute atomic E-state index is 0.0484. The maximum Gasteiger partial charge on any atom is 0.160 e. The molecule has 7 heteroatoms. The van der Waals surface area contributed by atoms with E-state index in [4.69, 9.17) is 28.2 Å². The van der Waals surface area contributed by atoms with Crippen LogP contribution in [0.1, 0.15) is 36.8 Å². The number of thioether (sulfide) groups is 1. The number of nitrogens with zero attached hydrogens (tertiary/aromatic N) is 4. The molecule has 3 aromatic rings. The van der Waals surface area contributed by atoms with Gasteiger partial charge in [-0.25, -0.2) is 0 Å². The Labute approximate surface area is 184 Å². The zero-order chi connectivity index (χ0) is 20.0. The van der Waals surface area contributed by atoms with E-state index < -0.39 is 0 Å². The summed E-state index contributed by atoms with van der Waals surface area (Å²) in [7, 11) is 0. The number of benzene rings is 1. The zero-order valence-corrected chi connectivity index (χ0v) is 18.2. The molecule has 0 N–H and O–H groups in total. The molecule has 2 aliphatic heterocycles. The van der Waals surface area contributed by atoms with Crippen LogP contribution in [-0.2, 0) is 0 Å². The first-order valence-corrected chi connectivity index (χ1v) is 11.4. The lowest BCUT2D eigenvalue weighted by Gasteiger charge is -2.32. The molecule has 3 atom stereocenters. The van der Waals surface area contributed by atoms with E-state index in [1.54, 1.807) is 6.07 Å². The highest BCUT2D eigenvalue weighted by molar-refractivity contribution is 8.14. The number of hydrogen-bond donors (Lipinski definition) is 0. The molecule has 29 heavy (non-hydrogen) atoms. The highest BCUT2D eigenvalue weighted by Gasteiger charge is 2.46. The fourth-order valence-corrected chi connectivity index (χ4v) is 6.04. The quantitative estimate of drug-likeness (QED) is 0.484. The number of halogens is 2. The molecule has 0 amide bonds. The monoisotopic (exact) mass is 442 g/mol. The van der Waals surface area contributed by atoms with E-state index in [9.17, 15) is 0 Å². The van der Waals surface area contributed by atoms with Crippen molar-refractivity contribution >= 4 is 40.1 Å². The molecule has 0 bridgehead atoms. The van der Waals surface area contributed by atoms with Gasteiger partial charge in [0.05, 0.1) is 16.4 Å². The second-order valence-electron chi connectivity index (χ2n) is 7.24. The highest BCUT2D eigenvalue weighted by atomic mass is 35.5. The molecule has 5 rings (SSSR count). The molecule has 148 valence electrons. The van der Waals surface area contributed by atoms with E-state index in [0.717, 1.165) is 34.4 Å². The van der Waals surface area contributed by atoms with E-state index in [1.165, 1.54) is 0 Å². The molecule has 4 heterocycles. The van der Waals surface area contributed by atoms with Crippen LogP contribution < -0.4 is 0 Å². The van der Waals surface area contributed by atoms with Gasteiger partial charge in [-0.3, -0.25) is 9.98 Å². The fourth-order valence-electron chi connectivity index (χ4n) is 4.20. The lowest BCUT2D eigenvalue weighted by atomic mass is 9.99. The second-order valence-corrected chi connectivity index (χ2v) is 9.07. The maximum absolute atomic E-state index is 6.56. The molecule has 1 aromatic carbocycles. The van der Waals surface area contributed by atoms with E-state index in [2.05, 4.69) is 45.8 Å². The summed E-state index contributed by atoms with van der Waals surface area (Å²) >= 11 is 14.5. The van der Waals surface area contributed by atoms with Gasteiger partial charge >= 0.3 is 0 Å². The molecule has 0 radical (unpaired) electrons. The van der Waals surface area contributed by atoms with Gasteiger partial charge in [-0.15, -0.1) is 0 Å². The molecule has 0 saturated carbocycles. The fraction of sp³-hybridized carbons (Fsp3) is 0.273. The summed E-state index contributed by atoms with van der Waals surface area (Å²) in [4.78, 5) is 12.2. The third kappa shape index (κ3) is 3.25. The average Bonchev–Trinajstić information content (AvgIpc) is 3.43. The summed E-state index contributed by atoms with van der Waals surface area (Å²) in [5.74, 6) is 1.07. The van der Waals surface area contributed by atoms with Crippen LogP contribution in [0, 0.1) is 0 Å². The van der Waals surface area contributed by atoms with Crippen LogP contribution in [0.25, 0.3) is 5.69 Å². The summed E-state index contributed by atoms with van der Waals surface area (Å²) in [6.07, 6.45) is 4.98. The highest BCUT2D eigenvalue weighted by Crippen LogP contribution is 2.49. The van der Waals surface area contributed by atoms with Crippen molar-refractivity contribution in [2.45, 2.75) is 31.5 Å². The van der Waals surface area contributed by atoms with Gasteiger partial charge in [-0.05, 0) is 48.9 Å². The van der Waals surface area contributed by atoms with Crippen molar-refractivity contribution in [2.24, 2.45) is 4.99 Å². The number of fused-ring (bicyclic) bond motifs is 1. The van der Waals surface area contributed by atoms with Crippen molar-refractivity contribution < 1.29 is 0 Å². The van der Waals surface area contributed by atoms with E-state index in [0.29, 0.717) is 16.1 Å². The van der Waals surface area contributed by atoms with Gasteiger partial charge in [0.1, 0.15) is 12.1 Å². The van der Waals surface area contributed by atoms with Gasteiger partial charge in [-0.2, -0.15) is 0 Å². The van der Waals surface area contributed by atoms with Crippen LogP contribution in [0.5, 0.6) is 0 Å². The normalized spacial score (nSPS) is 23.3. The Kier molecular flexibility index (Phi) is 5.06. The molecule has 1 saturated heterocycles. The van der Waals surface area contributed by atoms with Crippen molar-refractivity contribution in [3.05, 3.63) is 82.4 Å². The lowest BCUT2D eigenvalue weighted by molar-refractivity contribution is 0.249. The smallest absolute Gasteiger partial charge is 0.160 e. The van der Waals surface area contributed by atoms with Gasteiger partial charge in [0.15, 0.2) is 5.17 Å². The summed E-state index contributed by atoms with van der Waals surface area (Å²) in [5, 5.41) is 2.38. The number of aromatic nitrogens is 2. The first-order valence-electron chi connectivity index (χ1n) is 9.70. The minimum Gasteiger partial charge on any atom is -0.337 e. The lowest BCUT2D eigenvalue weighted by Crippen LogP contribution is -2.36. The number of amidine groups is 1. The summed E-state index contributed by atoms with van der Waals surface area (Å²) < 4.78 is 2.16. The van der Waals surface area contributed by atoms with Gasteiger partial charge in [0.2, 0.25) is 0 Å². The second kappa shape index (κ2) is 7.71. The van der Waals surface area contributed by atoms with Crippen LogP contribution in [0.4, 0.5) is 0 Å². The van der Waals surface area contributed by atoms with Crippen molar-refractivity contribution in [2.75, 3.05) is 5.75 Å². The Bertz CT molecular complexity index is 1070. The third-order valence-electron chi connectivity index (χ3n) is 5.58. The number of hydrogen-bond acceptors (Lipinski definition) is 4. The van der Waals surface area contributed by atoms with Crippen LogP contribution >= 0.6 is 35.0 Å². The predicted octanol–water partition coefficient (Wildman–Crippen LogP) is 6.16. The molecule has 4 nitrogen and oxygen atoms in total. The standard InChI is InChI=1S/C22H20Cl2N4S/c1-2-15-13-29-22-26-20(17-6-3-4-10-25-17)21(28(15)22)19-7-5-11-27(19)18-9-8-14(23)12-16(18)24/h3-12,15,20-21H,2,13H2,1H3/t15-,20+,21+/m0/s1. The average molecular weight is 443 g/mol. The first-order chi connectivity index (χ1) is 14.2. The van der Waals surface area contributed by atoms with Crippen molar-refractivity contribution in [1.29, 1.82) is 0 Å². The van der Waals surface area contributed by atoms with Gasteiger partial charge in [0.25, 0.3) is 0 Å². The first kappa shape index (κ1) is 19.0. The Hall–Kier alpha value is -1.95. The van der Waals surface area contributed by atoms with Gasteiger partial charge in [0, 0.05) is 34.9 Å². The van der Waals surface area contributed by atoms with Crippen LogP contribution in [0.15, 0.2) is 65.9 Å². The Balaban J connectivity index is 1.64. The molecular formula is C22H20Cl2N4S. The Morgan fingerprint density at radius 3 is 2.79 bits per heavy atom. The molecule has 0 unspecified atom stereocenters. The minimum atomic E-state index is -0.0484. The molecule has 0 aliphatic carbocycles. The topological polar surface area (TPSA) is 33.4 Å². The summed E-state index contributed by atoms with van der Waals surface area (Å²) in [6.45, 7) is 2.24. The number of rotatable bonds is 4. The molecular weight excluding hydrogens is 423 g/mol. The van der Waals surface area contributed by atoms with Crippen LogP contribution in [-0.4, -0.2) is 31.4 Å². The number of pyridine rings is 1. The number of aliphatic imine (C=N–C) groups is 1. The molecule has 0 spiro atoms. The largest absolute Gasteiger partial charge is 0.337 e. The van der Waals surface area contributed by atoms with Gasteiger partial charge in [-0.1, -0.05) is 48.0 Å². The van der Waals surface area contributed by atoms with E-state index >= 15 is 0 Å². The molecule has 2 aromatic heterocycles. The van der Waals surface area contributed by atoms with Crippen molar-refractivity contribution in [3.63, 3.8) is 0 Å². The SMILES string of the molecule is CC[C@H]1CSC2=N[C@H](c3ccccn3)[C@@H](c3cccn3-c3ccc(Cl)cc3Cl)N21.